The molecule has 0 atom stereocenters. The SMILES string of the molecule is NC(=S)c1ccccc1Cn1cc(Cl)cn1. The summed E-state index contributed by atoms with van der Waals surface area (Å²) in [5.41, 5.74) is 7.56. The van der Waals surface area contributed by atoms with Gasteiger partial charge in [0, 0.05) is 11.8 Å². The van der Waals surface area contributed by atoms with Crippen LogP contribution in [-0.2, 0) is 6.54 Å². The van der Waals surface area contributed by atoms with Crippen LogP contribution < -0.4 is 5.73 Å². The number of nitrogens with zero attached hydrogens (tertiary/aromatic N) is 2. The molecule has 1 aromatic carbocycles. The Morgan fingerprint density at radius 2 is 2.19 bits per heavy atom. The Kier molecular flexibility index (Phi) is 3.22. The molecule has 1 heterocycles. The summed E-state index contributed by atoms with van der Waals surface area (Å²) in [5, 5.41) is 4.73. The van der Waals surface area contributed by atoms with Gasteiger partial charge in [0.15, 0.2) is 0 Å². The first-order chi connectivity index (χ1) is 7.66. The fraction of sp³-hybridized carbons (Fsp3) is 0.0909. The highest BCUT2D eigenvalue weighted by Gasteiger charge is 2.05. The lowest BCUT2D eigenvalue weighted by atomic mass is 10.1. The average Bonchev–Trinajstić information content (AvgIpc) is 2.64. The van der Waals surface area contributed by atoms with Crippen LogP contribution in [0.15, 0.2) is 36.7 Å². The van der Waals surface area contributed by atoms with E-state index in [4.69, 9.17) is 29.6 Å². The Labute approximate surface area is 104 Å². The first kappa shape index (κ1) is 11.1. The Morgan fingerprint density at radius 1 is 1.44 bits per heavy atom. The molecule has 0 aliphatic heterocycles. The van der Waals surface area contributed by atoms with Crippen LogP contribution in [0.2, 0.25) is 5.02 Å². The number of halogens is 1. The summed E-state index contributed by atoms with van der Waals surface area (Å²) in [6.45, 7) is 0.611. The maximum atomic E-state index is 5.80. The Bertz CT molecular complexity index is 521. The van der Waals surface area contributed by atoms with Crippen molar-refractivity contribution < 1.29 is 0 Å². The zero-order valence-electron chi connectivity index (χ0n) is 8.43. The summed E-state index contributed by atoms with van der Waals surface area (Å²) < 4.78 is 1.75. The number of hydrogen-bond acceptors (Lipinski definition) is 2. The van der Waals surface area contributed by atoms with Crippen molar-refractivity contribution in [3.63, 3.8) is 0 Å². The average molecular weight is 252 g/mol. The van der Waals surface area contributed by atoms with Crippen molar-refractivity contribution >= 4 is 28.8 Å². The molecule has 0 amide bonds. The van der Waals surface area contributed by atoms with E-state index in [0.717, 1.165) is 11.1 Å². The molecule has 0 bridgehead atoms. The van der Waals surface area contributed by atoms with E-state index in [1.54, 1.807) is 17.1 Å². The molecule has 0 radical (unpaired) electrons. The van der Waals surface area contributed by atoms with Crippen LogP contribution in [0.25, 0.3) is 0 Å². The van der Waals surface area contributed by atoms with Gasteiger partial charge in [-0.3, -0.25) is 4.68 Å². The molecular weight excluding hydrogens is 242 g/mol. The van der Waals surface area contributed by atoms with E-state index in [0.29, 0.717) is 16.6 Å². The monoisotopic (exact) mass is 251 g/mol. The molecule has 16 heavy (non-hydrogen) atoms. The van der Waals surface area contributed by atoms with Crippen molar-refractivity contribution in [1.29, 1.82) is 0 Å². The third-order valence-corrected chi connectivity index (χ3v) is 2.63. The molecule has 5 heteroatoms. The minimum absolute atomic E-state index is 0.397. The number of thiocarbonyl (C=S) groups is 1. The van der Waals surface area contributed by atoms with Gasteiger partial charge in [0.2, 0.25) is 0 Å². The zero-order chi connectivity index (χ0) is 11.5. The Balaban J connectivity index is 2.31. The third-order valence-electron chi connectivity index (χ3n) is 2.22. The molecule has 0 aliphatic carbocycles. The number of hydrogen-bond donors (Lipinski definition) is 1. The van der Waals surface area contributed by atoms with Gasteiger partial charge in [-0.05, 0) is 5.56 Å². The van der Waals surface area contributed by atoms with E-state index in [9.17, 15) is 0 Å². The Morgan fingerprint density at radius 3 is 2.81 bits per heavy atom. The first-order valence-corrected chi connectivity index (χ1v) is 5.51. The minimum atomic E-state index is 0.397. The summed E-state index contributed by atoms with van der Waals surface area (Å²) in [6, 6.07) is 7.74. The predicted molar refractivity (Wildman–Crippen MR) is 68.7 cm³/mol. The van der Waals surface area contributed by atoms with E-state index in [2.05, 4.69) is 5.10 Å². The van der Waals surface area contributed by atoms with Gasteiger partial charge in [-0.25, -0.2) is 0 Å². The summed E-state index contributed by atoms with van der Waals surface area (Å²) in [5.74, 6) is 0. The second-order valence-electron chi connectivity index (χ2n) is 3.38. The summed E-state index contributed by atoms with van der Waals surface area (Å²) in [4.78, 5) is 0.397. The van der Waals surface area contributed by atoms with E-state index < -0.39 is 0 Å². The highest BCUT2D eigenvalue weighted by molar-refractivity contribution is 7.80. The molecular formula is C11H10ClN3S. The lowest BCUT2D eigenvalue weighted by Gasteiger charge is -2.07. The summed E-state index contributed by atoms with van der Waals surface area (Å²) in [6.07, 6.45) is 3.36. The normalized spacial score (nSPS) is 10.3. The van der Waals surface area contributed by atoms with Crippen LogP contribution in [0.3, 0.4) is 0 Å². The molecule has 0 fully saturated rings. The third kappa shape index (κ3) is 2.40. The maximum Gasteiger partial charge on any atom is 0.104 e. The molecule has 82 valence electrons. The molecule has 0 aliphatic rings. The quantitative estimate of drug-likeness (QED) is 0.851. The predicted octanol–water partition coefficient (Wildman–Crippen LogP) is 2.22. The van der Waals surface area contributed by atoms with Crippen LogP contribution in [0, 0.1) is 0 Å². The van der Waals surface area contributed by atoms with E-state index >= 15 is 0 Å². The lowest BCUT2D eigenvalue weighted by Crippen LogP contribution is -2.14. The topological polar surface area (TPSA) is 43.8 Å². The highest BCUT2D eigenvalue weighted by Crippen LogP contribution is 2.12. The van der Waals surface area contributed by atoms with Crippen molar-refractivity contribution in [3.8, 4) is 0 Å². The van der Waals surface area contributed by atoms with Crippen molar-refractivity contribution in [2.24, 2.45) is 5.73 Å². The molecule has 0 unspecified atom stereocenters. The molecule has 3 nitrogen and oxygen atoms in total. The molecule has 0 saturated heterocycles. The van der Waals surface area contributed by atoms with Crippen molar-refractivity contribution in [3.05, 3.63) is 52.8 Å². The molecule has 0 spiro atoms. The van der Waals surface area contributed by atoms with E-state index in [1.165, 1.54) is 0 Å². The second-order valence-corrected chi connectivity index (χ2v) is 4.25. The van der Waals surface area contributed by atoms with E-state index in [-0.39, 0.29) is 0 Å². The molecule has 1 aromatic heterocycles. The minimum Gasteiger partial charge on any atom is -0.389 e. The van der Waals surface area contributed by atoms with Crippen molar-refractivity contribution in [2.75, 3.05) is 0 Å². The van der Waals surface area contributed by atoms with Gasteiger partial charge in [-0.15, -0.1) is 0 Å². The van der Waals surface area contributed by atoms with Crippen LogP contribution in [0.1, 0.15) is 11.1 Å². The smallest absolute Gasteiger partial charge is 0.104 e. The summed E-state index contributed by atoms with van der Waals surface area (Å²) in [7, 11) is 0. The van der Waals surface area contributed by atoms with Crippen molar-refractivity contribution in [2.45, 2.75) is 6.54 Å². The van der Waals surface area contributed by atoms with Crippen LogP contribution in [0.5, 0.6) is 0 Å². The van der Waals surface area contributed by atoms with Crippen LogP contribution >= 0.6 is 23.8 Å². The summed E-state index contributed by atoms with van der Waals surface area (Å²) >= 11 is 10.8. The maximum absolute atomic E-state index is 5.80. The number of nitrogens with two attached hydrogens (primary N) is 1. The molecule has 2 rings (SSSR count). The standard InChI is InChI=1S/C11H10ClN3S/c12-9-5-14-15(7-9)6-8-3-1-2-4-10(8)11(13)16/h1-5,7H,6H2,(H2,13,16). The molecule has 2 N–H and O–H groups in total. The van der Waals surface area contributed by atoms with Gasteiger partial charge in [-0.1, -0.05) is 48.1 Å². The van der Waals surface area contributed by atoms with Gasteiger partial charge in [-0.2, -0.15) is 5.10 Å². The number of rotatable bonds is 3. The van der Waals surface area contributed by atoms with Gasteiger partial charge >= 0.3 is 0 Å². The lowest BCUT2D eigenvalue weighted by molar-refractivity contribution is 0.686. The zero-order valence-corrected chi connectivity index (χ0v) is 10.0. The fourth-order valence-corrected chi connectivity index (χ4v) is 1.85. The van der Waals surface area contributed by atoms with Crippen LogP contribution in [0.4, 0.5) is 0 Å². The molecule has 0 saturated carbocycles. The van der Waals surface area contributed by atoms with E-state index in [1.807, 2.05) is 24.3 Å². The van der Waals surface area contributed by atoms with Gasteiger partial charge in [0.1, 0.15) is 4.99 Å². The fourth-order valence-electron chi connectivity index (χ4n) is 1.50. The number of benzene rings is 1. The first-order valence-electron chi connectivity index (χ1n) is 4.72. The van der Waals surface area contributed by atoms with Gasteiger partial charge < -0.3 is 5.73 Å². The molecule has 2 aromatic rings. The highest BCUT2D eigenvalue weighted by atomic mass is 35.5. The Hall–Kier alpha value is -1.39. The number of aromatic nitrogens is 2. The van der Waals surface area contributed by atoms with Gasteiger partial charge in [0.25, 0.3) is 0 Å². The van der Waals surface area contributed by atoms with Crippen molar-refractivity contribution in [1.82, 2.24) is 9.78 Å². The van der Waals surface area contributed by atoms with Crippen LogP contribution in [-0.4, -0.2) is 14.8 Å². The largest absolute Gasteiger partial charge is 0.389 e. The second kappa shape index (κ2) is 4.63. The van der Waals surface area contributed by atoms with Gasteiger partial charge in [0.05, 0.1) is 17.8 Å².